The number of carbonyl (C=O) groups is 1. The van der Waals surface area contributed by atoms with Gasteiger partial charge in [-0.2, -0.15) is 5.10 Å². The largest absolute Gasteiger partial charge is 0.392 e. The summed E-state index contributed by atoms with van der Waals surface area (Å²) in [7, 11) is 1.78. The Kier molecular flexibility index (Phi) is 3.78. The molecule has 18 heavy (non-hydrogen) atoms. The third-order valence-electron chi connectivity index (χ3n) is 2.39. The number of rotatable bonds is 4. The molecule has 0 aliphatic heterocycles. The summed E-state index contributed by atoms with van der Waals surface area (Å²) in [4.78, 5) is 13.0. The molecule has 2 rings (SSSR count). The lowest BCUT2D eigenvalue weighted by atomic mass is 10.2. The molecule has 6 heteroatoms. The van der Waals surface area contributed by atoms with Gasteiger partial charge in [-0.25, -0.2) is 0 Å². The fourth-order valence-corrected chi connectivity index (χ4v) is 2.31. The van der Waals surface area contributed by atoms with E-state index < -0.39 is 6.10 Å². The Morgan fingerprint density at radius 1 is 1.67 bits per heavy atom. The van der Waals surface area contributed by atoms with Crippen LogP contribution in [-0.2, 0) is 7.05 Å². The van der Waals surface area contributed by atoms with Gasteiger partial charge in [0, 0.05) is 19.8 Å². The summed E-state index contributed by atoms with van der Waals surface area (Å²) in [5.74, 6) is -0.215. The molecule has 2 aromatic heterocycles. The van der Waals surface area contributed by atoms with Crippen molar-refractivity contribution in [1.29, 1.82) is 0 Å². The van der Waals surface area contributed by atoms with Crippen LogP contribution in [0.25, 0.3) is 10.6 Å². The highest BCUT2D eigenvalue weighted by molar-refractivity contribution is 7.13. The molecule has 0 saturated carbocycles. The molecular weight excluding hydrogens is 250 g/mol. The third-order valence-corrected chi connectivity index (χ3v) is 3.26. The van der Waals surface area contributed by atoms with E-state index in [2.05, 4.69) is 10.4 Å². The average Bonchev–Trinajstić information content (AvgIpc) is 2.93. The number of nitrogens with zero attached hydrogens (tertiary/aromatic N) is 2. The molecule has 5 nitrogen and oxygen atoms in total. The Labute approximate surface area is 109 Å². The maximum Gasteiger partial charge on any atom is 0.255 e. The summed E-state index contributed by atoms with van der Waals surface area (Å²) in [6.07, 6.45) is 1.13. The number of aliphatic hydroxyl groups excluding tert-OH is 1. The first-order valence-electron chi connectivity index (χ1n) is 5.61. The molecule has 0 spiro atoms. The standard InChI is InChI=1S/C12H15N3O2S/c1-8(16)6-13-12(17)9-7-15(2)14-11(9)10-4-3-5-18-10/h3-5,7-8,16H,6H2,1-2H3,(H,13,17). The van der Waals surface area contributed by atoms with Crippen molar-refractivity contribution >= 4 is 17.2 Å². The number of thiophene rings is 1. The Bertz CT molecular complexity index is 532. The smallest absolute Gasteiger partial charge is 0.255 e. The molecule has 0 saturated heterocycles. The second kappa shape index (κ2) is 5.32. The minimum atomic E-state index is -0.559. The lowest BCUT2D eigenvalue weighted by Crippen LogP contribution is -2.30. The fraction of sp³-hybridized carbons (Fsp3) is 0.333. The highest BCUT2D eigenvalue weighted by atomic mass is 32.1. The second-order valence-electron chi connectivity index (χ2n) is 4.10. The Balaban J connectivity index is 2.25. The van der Waals surface area contributed by atoms with Crippen molar-refractivity contribution in [2.75, 3.05) is 6.54 Å². The van der Waals surface area contributed by atoms with Crippen LogP contribution in [0, 0.1) is 0 Å². The van der Waals surface area contributed by atoms with Crippen LogP contribution in [0.15, 0.2) is 23.7 Å². The van der Waals surface area contributed by atoms with E-state index in [1.807, 2.05) is 17.5 Å². The van der Waals surface area contributed by atoms with Gasteiger partial charge in [-0.3, -0.25) is 9.48 Å². The molecule has 0 fully saturated rings. The molecule has 0 aliphatic carbocycles. The van der Waals surface area contributed by atoms with Gasteiger partial charge in [0.15, 0.2) is 0 Å². The zero-order chi connectivity index (χ0) is 13.1. The molecule has 1 unspecified atom stereocenters. The second-order valence-corrected chi connectivity index (χ2v) is 5.05. The molecule has 2 heterocycles. The van der Waals surface area contributed by atoms with Crippen LogP contribution in [0.1, 0.15) is 17.3 Å². The van der Waals surface area contributed by atoms with Gasteiger partial charge < -0.3 is 10.4 Å². The molecule has 0 aliphatic rings. The summed E-state index contributed by atoms with van der Waals surface area (Å²) in [5.41, 5.74) is 1.20. The van der Waals surface area contributed by atoms with E-state index in [1.165, 1.54) is 0 Å². The van der Waals surface area contributed by atoms with Gasteiger partial charge in [0.1, 0.15) is 5.69 Å². The minimum Gasteiger partial charge on any atom is -0.392 e. The first kappa shape index (κ1) is 12.8. The van der Waals surface area contributed by atoms with E-state index in [4.69, 9.17) is 0 Å². The zero-order valence-electron chi connectivity index (χ0n) is 10.3. The van der Waals surface area contributed by atoms with Gasteiger partial charge in [-0.1, -0.05) is 6.07 Å². The van der Waals surface area contributed by atoms with E-state index in [1.54, 1.807) is 36.2 Å². The first-order valence-corrected chi connectivity index (χ1v) is 6.49. The van der Waals surface area contributed by atoms with Gasteiger partial charge in [0.25, 0.3) is 5.91 Å². The summed E-state index contributed by atoms with van der Waals surface area (Å²) in [6.45, 7) is 1.86. The molecule has 0 aromatic carbocycles. The van der Waals surface area contributed by atoms with Gasteiger partial charge in [0.05, 0.1) is 16.5 Å². The summed E-state index contributed by atoms with van der Waals surface area (Å²) >= 11 is 1.54. The Morgan fingerprint density at radius 2 is 2.44 bits per heavy atom. The Morgan fingerprint density at radius 3 is 3.06 bits per heavy atom. The minimum absolute atomic E-state index is 0.215. The van der Waals surface area contributed by atoms with Gasteiger partial charge >= 0.3 is 0 Å². The van der Waals surface area contributed by atoms with Crippen molar-refractivity contribution in [3.05, 3.63) is 29.3 Å². The van der Waals surface area contributed by atoms with Crippen LogP contribution in [0.2, 0.25) is 0 Å². The van der Waals surface area contributed by atoms with Gasteiger partial charge in [-0.05, 0) is 18.4 Å². The number of amides is 1. The molecule has 2 N–H and O–H groups in total. The molecular formula is C12H15N3O2S. The van der Waals surface area contributed by atoms with Crippen molar-refractivity contribution in [3.8, 4) is 10.6 Å². The molecule has 0 radical (unpaired) electrons. The number of aryl methyl sites for hydroxylation is 1. The number of hydrogen-bond acceptors (Lipinski definition) is 4. The number of carbonyl (C=O) groups excluding carboxylic acids is 1. The van der Waals surface area contributed by atoms with Crippen molar-refractivity contribution < 1.29 is 9.90 Å². The molecule has 2 aromatic rings. The number of aliphatic hydroxyl groups is 1. The summed E-state index contributed by atoms with van der Waals surface area (Å²) in [5, 5.41) is 18.1. The van der Waals surface area contributed by atoms with Crippen LogP contribution >= 0.6 is 11.3 Å². The topological polar surface area (TPSA) is 67.2 Å². The molecule has 0 bridgehead atoms. The first-order chi connectivity index (χ1) is 8.58. The molecule has 96 valence electrons. The molecule has 1 atom stereocenters. The lowest BCUT2D eigenvalue weighted by Gasteiger charge is -2.06. The van der Waals surface area contributed by atoms with Gasteiger partial charge in [0.2, 0.25) is 0 Å². The van der Waals surface area contributed by atoms with E-state index in [0.717, 1.165) is 4.88 Å². The highest BCUT2D eigenvalue weighted by Crippen LogP contribution is 2.26. The van der Waals surface area contributed by atoms with E-state index in [-0.39, 0.29) is 12.5 Å². The average molecular weight is 265 g/mol. The highest BCUT2D eigenvalue weighted by Gasteiger charge is 2.17. The van der Waals surface area contributed by atoms with Crippen LogP contribution in [0.4, 0.5) is 0 Å². The van der Waals surface area contributed by atoms with E-state index in [9.17, 15) is 9.90 Å². The van der Waals surface area contributed by atoms with Crippen LogP contribution in [-0.4, -0.2) is 33.4 Å². The van der Waals surface area contributed by atoms with Crippen LogP contribution in [0.5, 0.6) is 0 Å². The third kappa shape index (κ3) is 2.77. The maximum absolute atomic E-state index is 12.0. The maximum atomic E-state index is 12.0. The van der Waals surface area contributed by atoms with E-state index in [0.29, 0.717) is 11.3 Å². The predicted octanol–water partition coefficient (Wildman–Crippen LogP) is 1.26. The SMILES string of the molecule is CC(O)CNC(=O)c1cn(C)nc1-c1cccs1. The fourth-order valence-electron chi connectivity index (χ4n) is 1.59. The van der Waals surface area contributed by atoms with E-state index >= 15 is 0 Å². The summed E-state index contributed by atoms with van der Waals surface area (Å²) < 4.78 is 1.62. The van der Waals surface area contributed by atoms with Crippen LogP contribution in [0.3, 0.4) is 0 Å². The van der Waals surface area contributed by atoms with Crippen LogP contribution < -0.4 is 5.32 Å². The van der Waals surface area contributed by atoms with Crippen molar-refractivity contribution in [3.63, 3.8) is 0 Å². The summed E-state index contributed by atoms with van der Waals surface area (Å²) in [6, 6.07) is 3.85. The number of aromatic nitrogens is 2. The van der Waals surface area contributed by atoms with Gasteiger partial charge in [-0.15, -0.1) is 11.3 Å². The predicted molar refractivity (Wildman–Crippen MR) is 70.5 cm³/mol. The Hall–Kier alpha value is -1.66. The number of hydrogen-bond donors (Lipinski definition) is 2. The number of nitrogens with one attached hydrogen (secondary N) is 1. The van der Waals surface area contributed by atoms with Crippen molar-refractivity contribution in [2.24, 2.45) is 7.05 Å². The lowest BCUT2D eigenvalue weighted by molar-refractivity contribution is 0.0924. The monoisotopic (exact) mass is 265 g/mol. The van der Waals surface area contributed by atoms with Crippen molar-refractivity contribution in [1.82, 2.24) is 15.1 Å². The van der Waals surface area contributed by atoms with Crippen molar-refractivity contribution in [2.45, 2.75) is 13.0 Å². The molecule has 1 amide bonds. The quantitative estimate of drug-likeness (QED) is 0.874. The normalized spacial score (nSPS) is 12.4. The zero-order valence-corrected chi connectivity index (χ0v) is 11.1.